The first-order chi connectivity index (χ1) is 17.0. The quantitative estimate of drug-likeness (QED) is 0.386. The summed E-state index contributed by atoms with van der Waals surface area (Å²) in [5.41, 5.74) is -2.72. The van der Waals surface area contributed by atoms with Crippen LogP contribution in [0.15, 0.2) is 73.1 Å². The molecule has 0 bridgehead atoms. The Kier molecular flexibility index (Phi) is 7.43. The van der Waals surface area contributed by atoms with Crippen LogP contribution < -0.4 is 0 Å². The van der Waals surface area contributed by atoms with Gasteiger partial charge < -0.3 is 5.11 Å². The fraction of sp³-hybridized carbons (Fsp3) is 0.370. The van der Waals surface area contributed by atoms with Crippen molar-refractivity contribution < 1.29 is 31.4 Å². The third-order valence-electron chi connectivity index (χ3n) is 6.69. The van der Waals surface area contributed by atoms with E-state index in [4.69, 9.17) is 0 Å². The van der Waals surface area contributed by atoms with Gasteiger partial charge in [-0.2, -0.15) is 26.3 Å². The van der Waals surface area contributed by atoms with E-state index in [0.717, 1.165) is 56.6 Å². The first-order valence-electron chi connectivity index (χ1n) is 11.6. The number of hydrogen-bond donors (Lipinski definition) is 1. The molecule has 1 atom stereocenters. The van der Waals surface area contributed by atoms with Gasteiger partial charge in [-0.1, -0.05) is 48.5 Å². The number of benzene rings is 2. The molecule has 1 aliphatic heterocycles. The van der Waals surface area contributed by atoms with Crippen LogP contribution in [0.4, 0.5) is 26.3 Å². The molecule has 1 N–H and O–H groups in total. The third kappa shape index (κ3) is 5.57. The number of pyridine rings is 1. The molecule has 3 nitrogen and oxygen atoms in total. The van der Waals surface area contributed by atoms with Crippen LogP contribution in [0.25, 0.3) is 11.1 Å². The molecule has 0 spiro atoms. The number of halogens is 6. The fourth-order valence-electron chi connectivity index (χ4n) is 4.77. The molecule has 1 fully saturated rings. The maximum Gasteiger partial charge on any atom is 0.430 e. The van der Waals surface area contributed by atoms with Crippen molar-refractivity contribution in [1.82, 2.24) is 9.88 Å². The zero-order valence-electron chi connectivity index (χ0n) is 19.4. The largest absolute Gasteiger partial charge is 0.430 e. The highest BCUT2D eigenvalue weighted by atomic mass is 19.4. The lowest BCUT2D eigenvalue weighted by Crippen LogP contribution is -2.53. The van der Waals surface area contributed by atoms with Crippen molar-refractivity contribution >= 4 is 0 Å². The molecule has 3 aromatic rings. The molecule has 192 valence electrons. The molecule has 36 heavy (non-hydrogen) atoms. The van der Waals surface area contributed by atoms with E-state index in [2.05, 4.69) is 9.88 Å². The highest BCUT2D eigenvalue weighted by Gasteiger charge is 2.71. The van der Waals surface area contributed by atoms with Crippen LogP contribution in [0.2, 0.25) is 0 Å². The van der Waals surface area contributed by atoms with E-state index >= 15 is 0 Å². The fourth-order valence-corrected chi connectivity index (χ4v) is 4.77. The first-order valence-corrected chi connectivity index (χ1v) is 11.6. The normalized spacial score (nSPS) is 17.8. The Bertz CT molecular complexity index is 1110. The van der Waals surface area contributed by atoms with Gasteiger partial charge in [0.1, 0.15) is 0 Å². The van der Waals surface area contributed by atoms with Gasteiger partial charge >= 0.3 is 12.4 Å². The Morgan fingerprint density at radius 3 is 1.89 bits per heavy atom. The topological polar surface area (TPSA) is 36.4 Å². The number of piperidine rings is 1. The molecule has 0 amide bonds. The van der Waals surface area contributed by atoms with E-state index in [1.54, 1.807) is 12.4 Å². The van der Waals surface area contributed by atoms with Crippen molar-refractivity contribution in [1.29, 1.82) is 0 Å². The smallest absolute Gasteiger partial charge is 0.369 e. The van der Waals surface area contributed by atoms with Crippen molar-refractivity contribution in [3.8, 4) is 11.1 Å². The summed E-state index contributed by atoms with van der Waals surface area (Å²) in [6, 6.07) is 15.2. The van der Waals surface area contributed by atoms with Gasteiger partial charge in [0.2, 0.25) is 0 Å². The van der Waals surface area contributed by atoms with Crippen LogP contribution in [0, 0.1) is 5.92 Å². The minimum Gasteiger partial charge on any atom is -0.369 e. The molecular weight excluding hydrogens is 482 g/mol. The zero-order chi connectivity index (χ0) is 26.0. The van der Waals surface area contributed by atoms with Crippen LogP contribution in [0.1, 0.15) is 29.5 Å². The average molecular weight is 509 g/mol. The standard InChI is InChI=1S/C27H26F6N2O/c28-26(29,30)25(36,27(31,32)33)24-9-7-23(8-10-24)22-5-3-19(4-6-22)16-21-2-1-15-35(18-21)17-20-11-13-34-14-12-20/h3-14,21,36H,1-2,15-18H2. The number of hydrogen-bond acceptors (Lipinski definition) is 3. The lowest BCUT2D eigenvalue weighted by Gasteiger charge is -2.33. The summed E-state index contributed by atoms with van der Waals surface area (Å²) in [6.07, 6.45) is -5.10. The second-order valence-corrected chi connectivity index (χ2v) is 9.28. The maximum absolute atomic E-state index is 13.1. The maximum atomic E-state index is 13.1. The lowest BCUT2D eigenvalue weighted by atomic mass is 9.89. The molecule has 9 heteroatoms. The minimum absolute atomic E-state index is 0.457. The number of likely N-dealkylation sites (tertiary alicyclic amines) is 1. The average Bonchev–Trinajstić information content (AvgIpc) is 2.84. The van der Waals surface area contributed by atoms with Crippen molar-refractivity contribution in [3.05, 3.63) is 89.7 Å². The predicted molar refractivity (Wildman–Crippen MR) is 124 cm³/mol. The van der Waals surface area contributed by atoms with Gasteiger partial charge in [-0.15, -0.1) is 0 Å². The second kappa shape index (κ2) is 10.2. The molecule has 0 saturated carbocycles. The summed E-state index contributed by atoms with van der Waals surface area (Å²) in [6.45, 7) is 2.91. The van der Waals surface area contributed by atoms with Crippen molar-refractivity contribution in [3.63, 3.8) is 0 Å². The van der Waals surface area contributed by atoms with Crippen LogP contribution >= 0.6 is 0 Å². The number of alkyl halides is 6. The predicted octanol–water partition coefficient (Wildman–Crippen LogP) is 6.52. The molecule has 0 aliphatic carbocycles. The summed E-state index contributed by atoms with van der Waals surface area (Å²) in [5, 5.41) is 9.55. The molecule has 0 radical (unpaired) electrons. The van der Waals surface area contributed by atoms with E-state index in [0.29, 0.717) is 29.2 Å². The Morgan fingerprint density at radius 1 is 0.778 bits per heavy atom. The van der Waals surface area contributed by atoms with E-state index in [1.165, 1.54) is 5.56 Å². The molecular formula is C27H26F6N2O. The number of aromatic nitrogens is 1. The van der Waals surface area contributed by atoms with E-state index in [-0.39, 0.29) is 0 Å². The summed E-state index contributed by atoms with van der Waals surface area (Å²) in [7, 11) is 0. The monoisotopic (exact) mass is 508 g/mol. The molecule has 2 heterocycles. The highest BCUT2D eigenvalue weighted by molar-refractivity contribution is 5.64. The van der Waals surface area contributed by atoms with Gasteiger partial charge in [-0.25, -0.2) is 0 Å². The molecule has 4 rings (SSSR count). The summed E-state index contributed by atoms with van der Waals surface area (Å²) < 4.78 is 78.6. The number of aliphatic hydroxyl groups is 1. The molecule has 1 saturated heterocycles. The SMILES string of the molecule is OC(c1ccc(-c2ccc(CC3CCCN(Cc4ccncc4)C3)cc2)cc1)(C(F)(F)F)C(F)(F)F. The molecule has 1 aliphatic rings. The van der Waals surface area contributed by atoms with Crippen LogP contribution in [-0.2, 0) is 18.6 Å². The van der Waals surface area contributed by atoms with Gasteiger partial charge in [0.15, 0.2) is 0 Å². The summed E-state index contributed by atoms with van der Waals surface area (Å²) in [4.78, 5) is 6.49. The van der Waals surface area contributed by atoms with Gasteiger partial charge in [-0.05, 0) is 66.1 Å². The highest BCUT2D eigenvalue weighted by Crippen LogP contribution is 2.50. The van der Waals surface area contributed by atoms with Crippen LogP contribution in [-0.4, -0.2) is 40.4 Å². The van der Waals surface area contributed by atoms with Crippen molar-refractivity contribution in [2.24, 2.45) is 5.92 Å². The number of nitrogens with zero attached hydrogens (tertiary/aromatic N) is 2. The number of rotatable bonds is 6. The molecule has 1 unspecified atom stereocenters. The Labute approximate surface area is 205 Å². The van der Waals surface area contributed by atoms with Crippen molar-refractivity contribution in [2.45, 2.75) is 43.8 Å². The Hall–Kier alpha value is -2.91. The van der Waals surface area contributed by atoms with Crippen LogP contribution in [0.3, 0.4) is 0 Å². The van der Waals surface area contributed by atoms with Crippen LogP contribution in [0.5, 0.6) is 0 Å². The van der Waals surface area contributed by atoms with E-state index < -0.39 is 23.5 Å². The van der Waals surface area contributed by atoms with E-state index in [1.807, 2.05) is 36.4 Å². The van der Waals surface area contributed by atoms with Crippen molar-refractivity contribution in [2.75, 3.05) is 13.1 Å². The van der Waals surface area contributed by atoms with Gasteiger partial charge in [0.05, 0.1) is 0 Å². The Morgan fingerprint density at radius 2 is 1.33 bits per heavy atom. The zero-order valence-corrected chi connectivity index (χ0v) is 19.4. The van der Waals surface area contributed by atoms with Gasteiger partial charge in [0, 0.05) is 31.0 Å². The first kappa shape index (κ1) is 26.2. The Balaban J connectivity index is 1.42. The minimum atomic E-state index is -5.90. The third-order valence-corrected chi connectivity index (χ3v) is 6.69. The summed E-state index contributed by atoms with van der Waals surface area (Å²) in [5.74, 6) is 0.494. The molecule has 2 aromatic carbocycles. The lowest BCUT2D eigenvalue weighted by molar-refractivity contribution is -0.376. The van der Waals surface area contributed by atoms with E-state index in [9.17, 15) is 31.4 Å². The van der Waals surface area contributed by atoms with Gasteiger partial charge in [-0.3, -0.25) is 9.88 Å². The summed E-state index contributed by atoms with van der Waals surface area (Å²) >= 11 is 0. The second-order valence-electron chi connectivity index (χ2n) is 9.28. The van der Waals surface area contributed by atoms with Gasteiger partial charge in [0.25, 0.3) is 5.60 Å². The molecule has 1 aromatic heterocycles.